The molecule has 1 unspecified atom stereocenters. The maximum Gasteiger partial charge on any atom is 0.421 e. The molecule has 236 valence electrons. The van der Waals surface area contributed by atoms with Crippen LogP contribution >= 0.6 is 0 Å². The van der Waals surface area contributed by atoms with Crippen LogP contribution in [0.5, 0.6) is 0 Å². The largest absolute Gasteiger partial charge is 0.421 e. The van der Waals surface area contributed by atoms with Crippen LogP contribution in [-0.4, -0.2) is 51.1 Å². The summed E-state index contributed by atoms with van der Waals surface area (Å²) in [6.07, 6.45) is -2.33. The highest BCUT2D eigenvalue weighted by Gasteiger charge is 2.40. The van der Waals surface area contributed by atoms with E-state index < -0.39 is 28.6 Å². The third-order valence-electron chi connectivity index (χ3n) is 8.35. The number of piperidine rings is 1. The van der Waals surface area contributed by atoms with E-state index in [9.17, 15) is 23.1 Å². The van der Waals surface area contributed by atoms with E-state index in [-0.39, 0.29) is 30.1 Å². The summed E-state index contributed by atoms with van der Waals surface area (Å²) in [5.41, 5.74) is 0.457. The van der Waals surface area contributed by atoms with Crippen LogP contribution in [-0.2, 0) is 22.9 Å². The summed E-state index contributed by atoms with van der Waals surface area (Å²) in [6, 6.07) is 8.63. The Morgan fingerprint density at radius 1 is 1.18 bits per heavy atom. The van der Waals surface area contributed by atoms with Crippen molar-refractivity contribution in [3.63, 3.8) is 0 Å². The molecule has 12 heteroatoms. The number of hydrogen-bond acceptors (Lipinski definition) is 7. The third-order valence-corrected chi connectivity index (χ3v) is 8.35. The minimum Gasteiger partial charge on any atom is -0.389 e. The Hall–Kier alpha value is -3.77. The van der Waals surface area contributed by atoms with Crippen LogP contribution in [0.2, 0.25) is 0 Å². The van der Waals surface area contributed by atoms with Gasteiger partial charge in [0.1, 0.15) is 17.2 Å². The topological polar surface area (TPSA) is 102 Å². The quantitative estimate of drug-likeness (QED) is 0.216. The molecule has 2 aromatic carbocycles. The molecule has 5 rings (SSSR count). The molecule has 0 saturated carbocycles. The van der Waals surface area contributed by atoms with E-state index in [1.54, 1.807) is 65.0 Å². The Kier molecular flexibility index (Phi) is 8.36. The van der Waals surface area contributed by atoms with Crippen molar-refractivity contribution in [3.8, 4) is 0 Å². The third kappa shape index (κ3) is 6.51. The summed E-state index contributed by atoms with van der Waals surface area (Å²) >= 11 is 0. The molecular formula is C32H38F4N6O2. The molecule has 1 atom stereocenters. The van der Waals surface area contributed by atoms with E-state index in [0.717, 1.165) is 19.4 Å². The highest BCUT2D eigenvalue weighted by molar-refractivity contribution is 6.06. The molecule has 2 aliphatic heterocycles. The van der Waals surface area contributed by atoms with Crippen LogP contribution in [0.15, 0.2) is 36.5 Å². The number of alkyl halides is 3. The number of hydrogen-bond donors (Lipinski definition) is 4. The second kappa shape index (κ2) is 11.6. The zero-order valence-electron chi connectivity index (χ0n) is 25.5. The molecule has 8 nitrogen and oxygen atoms in total. The predicted octanol–water partition coefficient (Wildman–Crippen LogP) is 6.48. The summed E-state index contributed by atoms with van der Waals surface area (Å²) in [5, 5.41) is 18.7. The van der Waals surface area contributed by atoms with Crippen LogP contribution in [0, 0.1) is 12.7 Å². The van der Waals surface area contributed by atoms with Crippen molar-refractivity contribution in [2.75, 3.05) is 35.6 Å². The van der Waals surface area contributed by atoms with Gasteiger partial charge in [0.25, 0.3) is 0 Å². The molecule has 44 heavy (non-hydrogen) atoms. The first-order valence-corrected chi connectivity index (χ1v) is 14.7. The van der Waals surface area contributed by atoms with Crippen LogP contribution in [0.3, 0.4) is 0 Å². The number of nitrogens with zero attached hydrogens (tertiary/aromatic N) is 3. The monoisotopic (exact) mass is 614 g/mol. The van der Waals surface area contributed by atoms with E-state index in [2.05, 4.69) is 30.8 Å². The van der Waals surface area contributed by atoms with Crippen LogP contribution < -0.4 is 16.0 Å². The first-order chi connectivity index (χ1) is 20.5. The Labute approximate surface area is 254 Å². The summed E-state index contributed by atoms with van der Waals surface area (Å²) in [5.74, 6) is -1.19. The number of aliphatic hydroxyl groups is 1. The van der Waals surface area contributed by atoms with Gasteiger partial charge in [-0.15, -0.1) is 0 Å². The average Bonchev–Trinajstić information content (AvgIpc) is 3.17. The lowest BCUT2D eigenvalue weighted by molar-refractivity contribution is -0.137. The van der Waals surface area contributed by atoms with E-state index >= 15 is 4.39 Å². The number of nitrogens with one attached hydrogen (secondary N) is 3. The highest BCUT2D eigenvalue weighted by Crippen LogP contribution is 2.41. The molecule has 1 aromatic heterocycles. The van der Waals surface area contributed by atoms with Crippen molar-refractivity contribution in [2.24, 2.45) is 0 Å². The van der Waals surface area contributed by atoms with Gasteiger partial charge in [-0.25, -0.2) is 9.37 Å². The molecule has 0 aliphatic carbocycles. The first kappa shape index (κ1) is 31.6. The summed E-state index contributed by atoms with van der Waals surface area (Å²) in [6.45, 7) is 10.6. The van der Waals surface area contributed by atoms with Gasteiger partial charge in [-0.05, 0) is 88.7 Å². The Morgan fingerprint density at radius 3 is 2.64 bits per heavy atom. The second-order valence-corrected chi connectivity index (χ2v) is 12.9. The van der Waals surface area contributed by atoms with Crippen molar-refractivity contribution in [1.82, 2.24) is 14.9 Å². The highest BCUT2D eigenvalue weighted by atomic mass is 19.4. The number of rotatable bonds is 8. The zero-order chi connectivity index (χ0) is 32.0. The van der Waals surface area contributed by atoms with Crippen molar-refractivity contribution >= 4 is 29.0 Å². The number of anilines is 4. The lowest BCUT2D eigenvalue weighted by atomic mass is 9.83. The van der Waals surface area contributed by atoms with Crippen molar-refractivity contribution in [3.05, 3.63) is 70.2 Å². The number of halogens is 4. The Morgan fingerprint density at radius 2 is 1.93 bits per heavy atom. The van der Waals surface area contributed by atoms with Gasteiger partial charge >= 0.3 is 6.18 Å². The summed E-state index contributed by atoms with van der Waals surface area (Å²) in [4.78, 5) is 22.6. The van der Waals surface area contributed by atoms with Gasteiger partial charge in [-0.2, -0.15) is 18.2 Å². The van der Waals surface area contributed by atoms with Crippen molar-refractivity contribution < 1.29 is 27.5 Å². The number of likely N-dealkylation sites (tertiary alicyclic amines) is 1. The number of fused-ring (bicyclic) bond motifs is 1. The van der Waals surface area contributed by atoms with Gasteiger partial charge < -0.3 is 21.1 Å². The normalized spacial score (nSPS) is 18.6. The predicted molar refractivity (Wildman–Crippen MR) is 162 cm³/mol. The first-order valence-electron chi connectivity index (χ1n) is 14.7. The van der Waals surface area contributed by atoms with Crippen molar-refractivity contribution in [2.45, 2.75) is 77.1 Å². The fourth-order valence-corrected chi connectivity index (χ4v) is 6.22. The van der Waals surface area contributed by atoms with E-state index in [4.69, 9.17) is 0 Å². The number of aromatic nitrogens is 2. The standard InChI is InChI=1S/C32H38F4N6O2/c1-18-23(12-11-21(26(18)33)20-9-7-13-42(16-20)17-30(2,3)44)40-29-38-15-22(32(34,35)36)27(41-29)37-14-19-8-6-10-24-25(19)31(4,5)28(43)39-24/h6,8,10-12,15,20,44H,7,9,13-14,16-17H2,1-5H3,(H,39,43)(H2,37,38,40,41). The molecule has 0 bridgehead atoms. The molecular weight excluding hydrogens is 576 g/mol. The minimum atomic E-state index is -4.72. The summed E-state index contributed by atoms with van der Waals surface area (Å²) in [7, 11) is 0. The van der Waals surface area contributed by atoms with E-state index in [1.165, 1.54) is 0 Å². The van der Waals surface area contributed by atoms with E-state index in [0.29, 0.717) is 52.9 Å². The number of benzene rings is 2. The maximum atomic E-state index is 15.7. The van der Waals surface area contributed by atoms with Gasteiger partial charge in [0.2, 0.25) is 11.9 Å². The number of carbonyl (C=O) groups is 1. The molecule has 2 aliphatic rings. The molecule has 3 aromatic rings. The lowest BCUT2D eigenvalue weighted by Gasteiger charge is -2.36. The molecule has 3 heterocycles. The summed E-state index contributed by atoms with van der Waals surface area (Å²) < 4.78 is 57.4. The second-order valence-electron chi connectivity index (χ2n) is 12.9. The minimum absolute atomic E-state index is 0.0185. The molecule has 1 fully saturated rings. The SMILES string of the molecule is Cc1c(Nc2ncc(C(F)(F)F)c(NCc3cccc4c3C(C)(C)C(=O)N4)n2)ccc(C2CCCN(CC(C)(C)O)C2)c1F. The molecule has 1 amide bonds. The smallest absolute Gasteiger partial charge is 0.389 e. The van der Waals surface area contributed by atoms with Crippen LogP contribution in [0.4, 0.5) is 40.7 Å². The van der Waals surface area contributed by atoms with E-state index in [1.807, 2.05) is 0 Å². The van der Waals surface area contributed by atoms with Crippen molar-refractivity contribution in [1.29, 1.82) is 0 Å². The zero-order valence-corrected chi connectivity index (χ0v) is 25.5. The molecule has 4 N–H and O–H groups in total. The molecule has 1 saturated heterocycles. The number of carbonyl (C=O) groups excluding carboxylic acids is 1. The number of β-amino-alcohol motifs (C(OH)–C–C–N with tert-alkyl or cyclic N) is 1. The van der Waals surface area contributed by atoms with Gasteiger partial charge in [0, 0.05) is 42.8 Å². The van der Waals surface area contributed by atoms with Gasteiger partial charge in [-0.3, -0.25) is 9.69 Å². The number of amides is 1. The Balaban J connectivity index is 1.38. The molecule has 0 spiro atoms. The fraction of sp³-hybridized carbons (Fsp3) is 0.469. The molecule has 0 radical (unpaired) electrons. The average molecular weight is 615 g/mol. The maximum absolute atomic E-state index is 15.7. The van der Waals surface area contributed by atoms with Crippen LogP contribution in [0.1, 0.15) is 74.3 Å². The van der Waals surface area contributed by atoms with Gasteiger partial charge in [0.15, 0.2) is 0 Å². The van der Waals surface area contributed by atoms with Crippen LogP contribution in [0.25, 0.3) is 0 Å². The van der Waals surface area contributed by atoms with Gasteiger partial charge in [0.05, 0.1) is 11.0 Å². The van der Waals surface area contributed by atoms with Gasteiger partial charge in [-0.1, -0.05) is 18.2 Å². The Bertz CT molecular complexity index is 1570. The lowest BCUT2D eigenvalue weighted by Crippen LogP contribution is -2.43. The fourth-order valence-electron chi connectivity index (χ4n) is 6.22.